The van der Waals surface area contributed by atoms with E-state index in [9.17, 15) is 0 Å². The van der Waals surface area contributed by atoms with E-state index in [1.165, 1.54) is 0 Å². The molecule has 0 radical (unpaired) electrons. The average Bonchev–Trinajstić information content (AvgIpc) is 2.43. The van der Waals surface area contributed by atoms with E-state index in [0.717, 1.165) is 25.0 Å². The Morgan fingerprint density at radius 3 is 2.33 bits per heavy atom. The SMILES string of the molecule is CCC(N)(CC)COCCCOc1ccccc1. The van der Waals surface area contributed by atoms with Crippen LogP contribution in [0.5, 0.6) is 5.75 Å². The number of para-hydroxylation sites is 1. The second-order valence-corrected chi connectivity index (χ2v) is 4.64. The van der Waals surface area contributed by atoms with Gasteiger partial charge in [0.15, 0.2) is 0 Å². The Hall–Kier alpha value is -1.06. The van der Waals surface area contributed by atoms with Crippen LogP contribution >= 0.6 is 0 Å². The van der Waals surface area contributed by atoms with Crippen LogP contribution in [0.25, 0.3) is 0 Å². The van der Waals surface area contributed by atoms with Crippen molar-refractivity contribution < 1.29 is 9.47 Å². The van der Waals surface area contributed by atoms with E-state index in [0.29, 0.717) is 19.8 Å². The minimum absolute atomic E-state index is 0.166. The third-order valence-corrected chi connectivity index (χ3v) is 3.24. The quantitative estimate of drug-likeness (QED) is 0.686. The topological polar surface area (TPSA) is 44.5 Å². The van der Waals surface area contributed by atoms with Gasteiger partial charge in [-0.25, -0.2) is 0 Å². The van der Waals surface area contributed by atoms with Crippen LogP contribution in [0.1, 0.15) is 33.1 Å². The van der Waals surface area contributed by atoms with Crippen molar-refractivity contribution in [2.24, 2.45) is 5.73 Å². The molecule has 0 saturated heterocycles. The van der Waals surface area contributed by atoms with Crippen molar-refractivity contribution >= 4 is 0 Å². The summed E-state index contributed by atoms with van der Waals surface area (Å²) >= 11 is 0. The molecule has 0 amide bonds. The zero-order valence-electron chi connectivity index (χ0n) is 11.5. The van der Waals surface area contributed by atoms with Gasteiger partial charge in [-0.1, -0.05) is 32.0 Å². The van der Waals surface area contributed by atoms with E-state index >= 15 is 0 Å². The molecular weight excluding hydrogens is 226 g/mol. The molecule has 3 heteroatoms. The van der Waals surface area contributed by atoms with Gasteiger partial charge >= 0.3 is 0 Å². The van der Waals surface area contributed by atoms with Gasteiger partial charge in [0.1, 0.15) is 5.75 Å². The fourth-order valence-corrected chi connectivity index (χ4v) is 1.60. The summed E-state index contributed by atoms with van der Waals surface area (Å²) in [6, 6.07) is 9.83. The summed E-state index contributed by atoms with van der Waals surface area (Å²) in [5.41, 5.74) is 5.98. The molecule has 0 unspecified atom stereocenters. The van der Waals surface area contributed by atoms with Crippen LogP contribution in [-0.2, 0) is 4.74 Å². The normalized spacial score (nSPS) is 11.5. The van der Waals surface area contributed by atoms with Crippen LogP contribution in [0.2, 0.25) is 0 Å². The molecule has 0 bridgehead atoms. The molecule has 3 nitrogen and oxygen atoms in total. The summed E-state index contributed by atoms with van der Waals surface area (Å²) in [5.74, 6) is 0.910. The molecule has 1 rings (SSSR count). The van der Waals surface area contributed by atoms with Crippen molar-refractivity contribution in [1.29, 1.82) is 0 Å². The number of hydrogen-bond donors (Lipinski definition) is 1. The van der Waals surface area contributed by atoms with E-state index in [4.69, 9.17) is 15.2 Å². The van der Waals surface area contributed by atoms with Crippen molar-refractivity contribution in [3.05, 3.63) is 30.3 Å². The fraction of sp³-hybridized carbons (Fsp3) is 0.600. The molecular formula is C15H25NO2. The Labute approximate surface area is 110 Å². The van der Waals surface area contributed by atoms with Gasteiger partial charge in [0.25, 0.3) is 0 Å². The number of ether oxygens (including phenoxy) is 2. The van der Waals surface area contributed by atoms with Crippen LogP contribution in [0, 0.1) is 0 Å². The summed E-state index contributed by atoms with van der Waals surface area (Å²) < 4.78 is 11.2. The average molecular weight is 251 g/mol. The van der Waals surface area contributed by atoms with E-state index < -0.39 is 0 Å². The molecule has 102 valence electrons. The highest BCUT2D eigenvalue weighted by atomic mass is 16.5. The van der Waals surface area contributed by atoms with E-state index in [2.05, 4.69) is 13.8 Å². The Balaban J connectivity index is 2.06. The van der Waals surface area contributed by atoms with Gasteiger partial charge < -0.3 is 15.2 Å². The molecule has 18 heavy (non-hydrogen) atoms. The lowest BCUT2D eigenvalue weighted by atomic mass is 9.96. The lowest BCUT2D eigenvalue weighted by Crippen LogP contribution is -2.43. The maximum atomic E-state index is 6.15. The van der Waals surface area contributed by atoms with Crippen LogP contribution in [0.15, 0.2) is 30.3 Å². The second-order valence-electron chi connectivity index (χ2n) is 4.64. The minimum atomic E-state index is -0.166. The van der Waals surface area contributed by atoms with Gasteiger partial charge in [-0.05, 0) is 25.0 Å². The van der Waals surface area contributed by atoms with E-state index in [-0.39, 0.29) is 5.54 Å². The third kappa shape index (κ3) is 5.52. The van der Waals surface area contributed by atoms with Crippen LogP contribution in [-0.4, -0.2) is 25.4 Å². The first-order chi connectivity index (χ1) is 8.70. The molecule has 0 fully saturated rings. The standard InChI is InChI=1S/C15H25NO2/c1-3-15(16,4-2)13-17-11-8-12-18-14-9-6-5-7-10-14/h5-7,9-10H,3-4,8,11-13,16H2,1-2H3. The number of hydrogen-bond acceptors (Lipinski definition) is 3. The Bertz CT molecular complexity index is 310. The van der Waals surface area contributed by atoms with Crippen LogP contribution in [0.4, 0.5) is 0 Å². The van der Waals surface area contributed by atoms with Crippen molar-refractivity contribution in [1.82, 2.24) is 0 Å². The van der Waals surface area contributed by atoms with Crippen molar-refractivity contribution in [2.75, 3.05) is 19.8 Å². The summed E-state index contributed by atoms with van der Waals surface area (Å²) in [6.45, 7) is 6.22. The molecule has 2 N–H and O–H groups in total. The van der Waals surface area contributed by atoms with Gasteiger partial charge in [-0.2, -0.15) is 0 Å². The predicted octanol–water partition coefficient (Wildman–Crippen LogP) is 2.99. The van der Waals surface area contributed by atoms with Gasteiger partial charge in [0, 0.05) is 18.6 Å². The van der Waals surface area contributed by atoms with Crippen molar-refractivity contribution in [2.45, 2.75) is 38.6 Å². The largest absolute Gasteiger partial charge is 0.494 e. The lowest BCUT2D eigenvalue weighted by Gasteiger charge is -2.26. The zero-order valence-corrected chi connectivity index (χ0v) is 11.5. The lowest BCUT2D eigenvalue weighted by molar-refractivity contribution is 0.0726. The molecule has 1 aromatic carbocycles. The maximum absolute atomic E-state index is 6.15. The monoisotopic (exact) mass is 251 g/mol. The first kappa shape index (κ1) is 15.0. The predicted molar refractivity (Wildman–Crippen MR) is 74.9 cm³/mol. The number of nitrogens with two attached hydrogens (primary N) is 1. The Morgan fingerprint density at radius 1 is 1.06 bits per heavy atom. The highest BCUT2D eigenvalue weighted by molar-refractivity contribution is 5.20. The zero-order chi connectivity index (χ0) is 13.3. The maximum Gasteiger partial charge on any atom is 0.119 e. The summed E-state index contributed by atoms with van der Waals surface area (Å²) in [4.78, 5) is 0. The Morgan fingerprint density at radius 2 is 1.72 bits per heavy atom. The highest BCUT2D eigenvalue weighted by Crippen LogP contribution is 2.12. The molecule has 0 aliphatic rings. The van der Waals surface area contributed by atoms with Crippen molar-refractivity contribution in [3.63, 3.8) is 0 Å². The molecule has 0 heterocycles. The van der Waals surface area contributed by atoms with E-state index in [1.54, 1.807) is 0 Å². The molecule has 0 spiro atoms. The fourth-order valence-electron chi connectivity index (χ4n) is 1.60. The molecule has 0 saturated carbocycles. The molecule has 0 aliphatic heterocycles. The highest BCUT2D eigenvalue weighted by Gasteiger charge is 2.19. The van der Waals surface area contributed by atoms with Gasteiger partial charge in [-0.15, -0.1) is 0 Å². The number of rotatable bonds is 9. The van der Waals surface area contributed by atoms with Gasteiger partial charge in [0.2, 0.25) is 0 Å². The number of benzene rings is 1. The second kappa shape index (κ2) is 8.11. The minimum Gasteiger partial charge on any atom is -0.494 e. The van der Waals surface area contributed by atoms with Gasteiger partial charge in [0.05, 0.1) is 13.2 Å². The summed E-state index contributed by atoms with van der Waals surface area (Å²) in [7, 11) is 0. The first-order valence-corrected chi connectivity index (χ1v) is 6.74. The molecule has 0 atom stereocenters. The summed E-state index contributed by atoms with van der Waals surface area (Å²) in [6.07, 6.45) is 2.78. The van der Waals surface area contributed by atoms with Gasteiger partial charge in [-0.3, -0.25) is 0 Å². The molecule has 0 aromatic heterocycles. The summed E-state index contributed by atoms with van der Waals surface area (Å²) in [5, 5.41) is 0. The van der Waals surface area contributed by atoms with E-state index in [1.807, 2.05) is 30.3 Å². The smallest absolute Gasteiger partial charge is 0.119 e. The molecule has 0 aliphatic carbocycles. The first-order valence-electron chi connectivity index (χ1n) is 6.74. The Kier molecular flexibility index (Phi) is 6.76. The third-order valence-electron chi connectivity index (χ3n) is 3.24. The van der Waals surface area contributed by atoms with Crippen LogP contribution in [0.3, 0.4) is 0 Å². The van der Waals surface area contributed by atoms with Crippen LogP contribution < -0.4 is 10.5 Å². The van der Waals surface area contributed by atoms with Crippen molar-refractivity contribution in [3.8, 4) is 5.75 Å². The molecule has 1 aromatic rings.